The van der Waals surface area contributed by atoms with Crippen molar-refractivity contribution in [3.05, 3.63) is 40.9 Å². The van der Waals surface area contributed by atoms with E-state index in [-0.39, 0.29) is 0 Å². The van der Waals surface area contributed by atoms with Gasteiger partial charge >= 0.3 is 0 Å². The number of nitrogens with one attached hydrogen (secondary N) is 1. The maximum Gasteiger partial charge on any atom is 0.178 e. The molecule has 3 aromatic rings. The number of fused-ring (bicyclic) bond motifs is 1. The molecule has 0 unspecified atom stereocenters. The number of aryl methyl sites for hydroxylation is 3. The Morgan fingerprint density at radius 3 is 3.00 bits per heavy atom. The quantitative estimate of drug-likeness (QED) is 0.734. The van der Waals surface area contributed by atoms with Crippen molar-refractivity contribution in [2.45, 2.75) is 20.0 Å². The highest BCUT2D eigenvalue weighted by Gasteiger charge is 2.04. The highest BCUT2D eigenvalue weighted by molar-refractivity contribution is 7.71. The van der Waals surface area contributed by atoms with Gasteiger partial charge in [-0.1, -0.05) is 11.3 Å². The van der Waals surface area contributed by atoms with E-state index in [4.69, 9.17) is 12.2 Å². The zero-order valence-electron chi connectivity index (χ0n) is 10.00. The van der Waals surface area contributed by atoms with E-state index in [1.165, 1.54) is 5.56 Å². The summed E-state index contributed by atoms with van der Waals surface area (Å²) in [5.74, 6) is 0. The monoisotopic (exact) mass is 259 g/mol. The highest BCUT2D eigenvalue weighted by Crippen LogP contribution is 2.15. The van der Waals surface area contributed by atoms with Gasteiger partial charge in [0.1, 0.15) is 0 Å². The minimum Gasteiger partial charge on any atom is -0.331 e. The molecule has 2 aromatic heterocycles. The molecule has 0 bridgehead atoms. The van der Waals surface area contributed by atoms with Crippen LogP contribution in [0, 0.1) is 11.7 Å². The Bertz CT molecular complexity index is 723. The molecule has 0 saturated carbocycles. The lowest BCUT2D eigenvalue weighted by Crippen LogP contribution is -2.08. The van der Waals surface area contributed by atoms with Crippen LogP contribution in [0.5, 0.6) is 0 Å². The van der Waals surface area contributed by atoms with Crippen LogP contribution >= 0.6 is 12.2 Å². The van der Waals surface area contributed by atoms with Crippen molar-refractivity contribution in [2.24, 2.45) is 0 Å². The van der Waals surface area contributed by atoms with Gasteiger partial charge in [0.15, 0.2) is 4.77 Å². The number of hydrogen-bond donors (Lipinski definition) is 1. The summed E-state index contributed by atoms with van der Waals surface area (Å²) in [4.78, 5) is 3.22. The second-order valence-electron chi connectivity index (χ2n) is 4.27. The van der Waals surface area contributed by atoms with Gasteiger partial charge in [-0.25, -0.2) is 0 Å². The number of aromatic amines is 1. The van der Waals surface area contributed by atoms with E-state index >= 15 is 0 Å². The first-order chi connectivity index (χ1) is 8.74. The third-order valence-electron chi connectivity index (χ3n) is 2.96. The molecule has 0 radical (unpaired) electrons. The third-order valence-corrected chi connectivity index (χ3v) is 3.28. The minimum atomic E-state index is 0.746. The molecular weight excluding hydrogens is 246 g/mol. The van der Waals surface area contributed by atoms with Crippen molar-refractivity contribution in [3.63, 3.8) is 0 Å². The fourth-order valence-electron chi connectivity index (χ4n) is 2.04. The first-order valence-electron chi connectivity index (χ1n) is 5.77. The Balaban J connectivity index is 1.98. The summed E-state index contributed by atoms with van der Waals surface area (Å²) in [5.41, 5.74) is 3.44. The van der Waals surface area contributed by atoms with E-state index in [1.807, 2.05) is 6.20 Å². The normalized spacial score (nSPS) is 11.2. The molecule has 0 fully saturated rings. The molecule has 2 heterocycles. The number of rotatable bonds is 3. The number of H-pyrrole nitrogens is 1. The van der Waals surface area contributed by atoms with E-state index < -0.39 is 0 Å². The SMILES string of the molecule is Cc1ccc2[nH]c(=S)n(CCn3ccnn3)c2c1. The maximum atomic E-state index is 5.35. The van der Waals surface area contributed by atoms with Crippen LogP contribution in [0.15, 0.2) is 30.6 Å². The smallest absolute Gasteiger partial charge is 0.178 e. The van der Waals surface area contributed by atoms with Gasteiger partial charge in [0.2, 0.25) is 0 Å². The van der Waals surface area contributed by atoms with Crippen LogP contribution in [0.1, 0.15) is 5.56 Å². The van der Waals surface area contributed by atoms with Gasteiger partial charge in [0, 0.05) is 12.7 Å². The van der Waals surface area contributed by atoms with Crippen molar-refractivity contribution in [3.8, 4) is 0 Å². The van der Waals surface area contributed by atoms with E-state index in [2.05, 4.69) is 45.0 Å². The summed E-state index contributed by atoms with van der Waals surface area (Å²) >= 11 is 5.35. The van der Waals surface area contributed by atoms with Crippen molar-refractivity contribution >= 4 is 23.3 Å². The Morgan fingerprint density at radius 1 is 1.33 bits per heavy atom. The molecule has 0 spiro atoms. The van der Waals surface area contributed by atoms with Crippen LogP contribution in [0.3, 0.4) is 0 Å². The van der Waals surface area contributed by atoms with Gasteiger partial charge < -0.3 is 9.55 Å². The number of imidazole rings is 1. The number of aromatic nitrogens is 5. The minimum absolute atomic E-state index is 0.746. The molecule has 0 atom stereocenters. The molecule has 0 aliphatic heterocycles. The Morgan fingerprint density at radius 2 is 2.22 bits per heavy atom. The summed E-state index contributed by atoms with van der Waals surface area (Å²) in [6, 6.07) is 6.28. The highest BCUT2D eigenvalue weighted by atomic mass is 32.1. The molecule has 0 amide bonds. The first-order valence-corrected chi connectivity index (χ1v) is 6.18. The topological polar surface area (TPSA) is 51.4 Å². The lowest BCUT2D eigenvalue weighted by Gasteiger charge is -2.04. The number of nitrogens with zero attached hydrogens (tertiary/aromatic N) is 4. The van der Waals surface area contributed by atoms with Crippen LogP contribution in [0.25, 0.3) is 11.0 Å². The number of benzene rings is 1. The molecule has 92 valence electrons. The first kappa shape index (κ1) is 11.2. The van der Waals surface area contributed by atoms with Gasteiger partial charge in [-0.3, -0.25) is 4.68 Å². The zero-order chi connectivity index (χ0) is 12.5. The predicted octanol–water partition coefficient (Wildman–Crippen LogP) is 2.30. The molecule has 18 heavy (non-hydrogen) atoms. The largest absolute Gasteiger partial charge is 0.331 e. The van der Waals surface area contributed by atoms with Crippen LogP contribution in [-0.2, 0) is 13.1 Å². The van der Waals surface area contributed by atoms with Crippen molar-refractivity contribution < 1.29 is 0 Å². The van der Waals surface area contributed by atoms with Gasteiger partial charge in [-0.15, -0.1) is 5.10 Å². The Hall–Kier alpha value is -1.95. The molecule has 0 aliphatic rings. The fourth-order valence-corrected chi connectivity index (χ4v) is 2.34. The van der Waals surface area contributed by atoms with Gasteiger partial charge in [-0.05, 0) is 36.8 Å². The predicted molar refractivity (Wildman–Crippen MR) is 71.9 cm³/mol. The Labute approximate surface area is 109 Å². The molecule has 3 rings (SSSR count). The fraction of sp³-hybridized carbons (Fsp3) is 0.250. The average Bonchev–Trinajstić information content (AvgIpc) is 2.94. The second kappa shape index (κ2) is 4.38. The summed E-state index contributed by atoms with van der Waals surface area (Å²) in [7, 11) is 0. The second-order valence-corrected chi connectivity index (χ2v) is 4.66. The lowest BCUT2D eigenvalue weighted by atomic mass is 10.2. The molecular formula is C12H13N5S. The van der Waals surface area contributed by atoms with Gasteiger partial charge in [0.25, 0.3) is 0 Å². The molecule has 5 nitrogen and oxygen atoms in total. The van der Waals surface area contributed by atoms with Crippen molar-refractivity contribution in [2.75, 3.05) is 0 Å². The molecule has 0 aliphatic carbocycles. The summed E-state index contributed by atoms with van der Waals surface area (Å²) in [5, 5.41) is 7.74. The molecule has 6 heteroatoms. The van der Waals surface area contributed by atoms with Crippen LogP contribution in [0.2, 0.25) is 0 Å². The zero-order valence-corrected chi connectivity index (χ0v) is 10.8. The summed E-state index contributed by atoms with van der Waals surface area (Å²) in [6.07, 6.45) is 3.53. The van der Waals surface area contributed by atoms with Gasteiger partial charge in [0.05, 0.1) is 23.8 Å². The average molecular weight is 259 g/mol. The molecule has 0 saturated heterocycles. The number of hydrogen-bond acceptors (Lipinski definition) is 3. The van der Waals surface area contributed by atoms with E-state index in [0.29, 0.717) is 0 Å². The standard InChI is InChI=1S/C12H13N5S/c1-9-2-3-10-11(8-9)17(12(18)14-10)7-6-16-5-4-13-15-16/h2-5,8H,6-7H2,1H3,(H,14,18). The summed E-state index contributed by atoms with van der Waals surface area (Å²) < 4.78 is 4.64. The van der Waals surface area contributed by atoms with E-state index in [1.54, 1.807) is 10.9 Å². The van der Waals surface area contributed by atoms with Crippen molar-refractivity contribution in [1.82, 2.24) is 24.5 Å². The van der Waals surface area contributed by atoms with Crippen molar-refractivity contribution in [1.29, 1.82) is 0 Å². The van der Waals surface area contributed by atoms with Crippen LogP contribution in [0.4, 0.5) is 0 Å². The molecule has 1 aromatic carbocycles. The van der Waals surface area contributed by atoms with Gasteiger partial charge in [-0.2, -0.15) is 0 Å². The summed E-state index contributed by atoms with van der Waals surface area (Å²) in [6.45, 7) is 3.62. The Kier molecular flexibility index (Phi) is 2.71. The van der Waals surface area contributed by atoms with E-state index in [0.717, 1.165) is 28.9 Å². The van der Waals surface area contributed by atoms with E-state index in [9.17, 15) is 0 Å². The van der Waals surface area contributed by atoms with Crippen LogP contribution < -0.4 is 0 Å². The van der Waals surface area contributed by atoms with Crippen LogP contribution in [-0.4, -0.2) is 24.5 Å². The maximum absolute atomic E-state index is 5.35. The molecule has 1 N–H and O–H groups in total. The third kappa shape index (κ3) is 1.95. The lowest BCUT2D eigenvalue weighted by molar-refractivity contribution is 0.523.